The smallest absolute Gasteiger partial charge is 0.119 e. The van der Waals surface area contributed by atoms with Crippen LogP contribution in [0.5, 0.6) is 5.75 Å². The molecule has 1 aromatic carbocycles. The van der Waals surface area contributed by atoms with Crippen LogP contribution in [0.1, 0.15) is 25.5 Å². The molecule has 2 nitrogen and oxygen atoms in total. The third-order valence-electron chi connectivity index (χ3n) is 2.39. The molecule has 0 amide bonds. The van der Waals surface area contributed by atoms with Gasteiger partial charge in [-0.25, -0.2) is 0 Å². The highest BCUT2D eigenvalue weighted by Crippen LogP contribution is 2.49. The van der Waals surface area contributed by atoms with Gasteiger partial charge in [0.1, 0.15) is 11.9 Å². The molecule has 1 aromatic rings. The minimum atomic E-state index is 0.00631. The molecule has 0 spiro atoms. The molecule has 2 heteroatoms. The molecule has 1 fully saturated rings. The predicted molar refractivity (Wildman–Crippen MR) is 50.9 cm³/mol. The largest absolute Gasteiger partial charge is 0.497 e. The molecule has 0 aliphatic carbocycles. The van der Waals surface area contributed by atoms with Crippen LogP contribution in [0.15, 0.2) is 24.3 Å². The Hall–Kier alpha value is -1.02. The highest BCUT2D eigenvalue weighted by atomic mass is 16.6. The van der Waals surface area contributed by atoms with E-state index >= 15 is 0 Å². The minimum Gasteiger partial charge on any atom is -0.497 e. The summed E-state index contributed by atoms with van der Waals surface area (Å²) in [6, 6.07) is 8.03. The van der Waals surface area contributed by atoms with E-state index < -0.39 is 0 Å². The molecule has 1 aliphatic rings. The Kier molecular flexibility index (Phi) is 1.81. The number of methoxy groups -OCH3 is 1. The topological polar surface area (TPSA) is 21.8 Å². The first kappa shape index (κ1) is 8.57. The molecule has 2 rings (SSSR count). The lowest BCUT2D eigenvalue weighted by Gasteiger charge is -2.02. The van der Waals surface area contributed by atoms with Crippen molar-refractivity contribution in [3.05, 3.63) is 29.8 Å². The van der Waals surface area contributed by atoms with Crippen LogP contribution in [-0.2, 0) is 4.74 Å². The van der Waals surface area contributed by atoms with Crippen molar-refractivity contribution in [1.29, 1.82) is 0 Å². The fourth-order valence-corrected chi connectivity index (χ4v) is 1.54. The molecule has 70 valence electrons. The van der Waals surface area contributed by atoms with E-state index in [4.69, 9.17) is 9.47 Å². The highest BCUT2D eigenvalue weighted by molar-refractivity contribution is 5.33. The Morgan fingerprint density at radius 1 is 1.38 bits per heavy atom. The van der Waals surface area contributed by atoms with Gasteiger partial charge in [0.25, 0.3) is 0 Å². The summed E-state index contributed by atoms with van der Waals surface area (Å²) in [5, 5.41) is 0. The molecule has 1 atom stereocenters. The van der Waals surface area contributed by atoms with E-state index in [1.165, 1.54) is 5.56 Å². The first-order chi connectivity index (χ1) is 6.13. The highest BCUT2D eigenvalue weighted by Gasteiger charge is 2.48. The maximum atomic E-state index is 5.53. The van der Waals surface area contributed by atoms with Gasteiger partial charge in [-0.1, -0.05) is 12.1 Å². The summed E-state index contributed by atoms with van der Waals surface area (Å²) in [6.45, 7) is 4.19. The van der Waals surface area contributed by atoms with Crippen LogP contribution in [0.2, 0.25) is 0 Å². The predicted octanol–water partition coefficient (Wildman–Crippen LogP) is 2.55. The number of hydrogen-bond donors (Lipinski definition) is 0. The van der Waals surface area contributed by atoms with Gasteiger partial charge in [0, 0.05) is 0 Å². The maximum absolute atomic E-state index is 5.53. The van der Waals surface area contributed by atoms with Gasteiger partial charge in [0.05, 0.1) is 12.7 Å². The van der Waals surface area contributed by atoms with E-state index in [9.17, 15) is 0 Å². The Labute approximate surface area is 78.5 Å². The SMILES string of the molecule is COc1cccc(C2OC2(C)C)c1. The van der Waals surface area contributed by atoms with Crippen molar-refractivity contribution in [2.75, 3.05) is 7.11 Å². The van der Waals surface area contributed by atoms with E-state index in [0.717, 1.165) is 5.75 Å². The second kappa shape index (κ2) is 2.74. The van der Waals surface area contributed by atoms with Gasteiger partial charge in [0.15, 0.2) is 0 Å². The van der Waals surface area contributed by atoms with Crippen molar-refractivity contribution in [1.82, 2.24) is 0 Å². The number of benzene rings is 1. The molecular formula is C11H14O2. The average Bonchev–Trinajstić information content (AvgIpc) is 2.76. The van der Waals surface area contributed by atoms with Gasteiger partial charge < -0.3 is 9.47 Å². The zero-order valence-electron chi connectivity index (χ0n) is 8.20. The van der Waals surface area contributed by atoms with Gasteiger partial charge in [0.2, 0.25) is 0 Å². The summed E-state index contributed by atoms with van der Waals surface area (Å²) in [5.41, 5.74) is 1.20. The van der Waals surface area contributed by atoms with Crippen molar-refractivity contribution in [2.24, 2.45) is 0 Å². The molecule has 0 radical (unpaired) electrons. The zero-order valence-corrected chi connectivity index (χ0v) is 8.20. The molecule has 0 bridgehead atoms. The Morgan fingerprint density at radius 3 is 2.62 bits per heavy atom. The maximum Gasteiger partial charge on any atom is 0.119 e. The summed E-state index contributed by atoms with van der Waals surface area (Å²) in [6.07, 6.45) is 0.239. The first-order valence-electron chi connectivity index (χ1n) is 4.45. The van der Waals surface area contributed by atoms with E-state index in [1.54, 1.807) is 7.11 Å². The normalized spacial score (nSPS) is 24.1. The number of rotatable bonds is 2. The second-order valence-corrected chi connectivity index (χ2v) is 3.88. The van der Waals surface area contributed by atoms with Gasteiger partial charge in [-0.3, -0.25) is 0 Å². The van der Waals surface area contributed by atoms with E-state index in [0.29, 0.717) is 0 Å². The molecule has 13 heavy (non-hydrogen) atoms. The van der Waals surface area contributed by atoms with Crippen LogP contribution in [0.3, 0.4) is 0 Å². The molecule has 0 aromatic heterocycles. The summed E-state index contributed by atoms with van der Waals surface area (Å²) in [7, 11) is 1.68. The fourth-order valence-electron chi connectivity index (χ4n) is 1.54. The van der Waals surface area contributed by atoms with Gasteiger partial charge >= 0.3 is 0 Å². The standard InChI is InChI=1S/C11H14O2/c1-11(2)10(13-11)8-5-4-6-9(7-8)12-3/h4-7,10H,1-3H3. The quantitative estimate of drug-likeness (QED) is 0.649. The van der Waals surface area contributed by atoms with E-state index in [1.807, 2.05) is 18.2 Å². The van der Waals surface area contributed by atoms with Crippen molar-refractivity contribution in [3.8, 4) is 5.75 Å². The summed E-state index contributed by atoms with van der Waals surface area (Å²) < 4.78 is 10.7. The lowest BCUT2D eigenvalue weighted by molar-refractivity contribution is 0.325. The van der Waals surface area contributed by atoms with Crippen molar-refractivity contribution < 1.29 is 9.47 Å². The average molecular weight is 178 g/mol. The zero-order chi connectivity index (χ0) is 9.47. The van der Waals surface area contributed by atoms with Crippen LogP contribution in [0.25, 0.3) is 0 Å². The van der Waals surface area contributed by atoms with Gasteiger partial charge in [-0.2, -0.15) is 0 Å². The van der Waals surface area contributed by atoms with Crippen molar-refractivity contribution in [3.63, 3.8) is 0 Å². The van der Waals surface area contributed by atoms with Crippen LogP contribution in [0, 0.1) is 0 Å². The minimum absolute atomic E-state index is 0.00631. The molecule has 1 unspecified atom stereocenters. The summed E-state index contributed by atoms with van der Waals surface area (Å²) >= 11 is 0. The molecule has 1 saturated heterocycles. The monoisotopic (exact) mass is 178 g/mol. The Bertz CT molecular complexity index is 318. The molecule has 0 saturated carbocycles. The number of ether oxygens (including phenoxy) is 2. The third-order valence-corrected chi connectivity index (χ3v) is 2.39. The lowest BCUT2D eigenvalue weighted by Crippen LogP contribution is -1.97. The Morgan fingerprint density at radius 2 is 2.08 bits per heavy atom. The van der Waals surface area contributed by atoms with Crippen LogP contribution in [0.4, 0.5) is 0 Å². The number of hydrogen-bond acceptors (Lipinski definition) is 2. The summed E-state index contributed by atoms with van der Waals surface area (Å²) in [5.74, 6) is 0.892. The van der Waals surface area contributed by atoms with Gasteiger partial charge in [-0.05, 0) is 31.5 Å². The first-order valence-corrected chi connectivity index (χ1v) is 4.45. The number of epoxide rings is 1. The second-order valence-electron chi connectivity index (χ2n) is 3.88. The third kappa shape index (κ3) is 1.54. The molecule has 1 heterocycles. The molecular weight excluding hydrogens is 164 g/mol. The van der Waals surface area contributed by atoms with Crippen LogP contribution in [-0.4, -0.2) is 12.7 Å². The van der Waals surface area contributed by atoms with Gasteiger partial charge in [-0.15, -0.1) is 0 Å². The van der Waals surface area contributed by atoms with Crippen LogP contribution < -0.4 is 4.74 Å². The van der Waals surface area contributed by atoms with E-state index in [2.05, 4.69) is 19.9 Å². The molecule has 0 N–H and O–H groups in total. The summed E-state index contributed by atoms with van der Waals surface area (Å²) in [4.78, 5) is 0. The fraction of sp³-hybridized carbons (Fsp3) is 0.455. The molecule has 1 aliphatic heterocycles. The van der Waals surface area contributed by atoms with E-state index in [-0.39, 0.29) is 11.7 Å². The van der Waals surface area contributed by atoms with Crippen molar-refractivity contribution >= 4 is 0 Å². The van der Waals surface area contributed by atoms with Crippen molar-refractivity contribution in [2.45, 2.75) is 25.6 Å². The lowest BCUT2D eigenvalue weighted by atomic mass is 10.0. The Balaban J connectivity index is 2.23. The van der Waals surface area contributed by atoms with Crippen LogP contribution >= 0.6 is 0 Å².